The van der Waals surface area contributed by atoms with Gasteiger partial charge in [-0.3, -0.25) is 10.1 Å². The standard InChI is InChI=1S/C9H11NO2S2/c1-5-2-3-13-7(5)8-10-6(4-14-8)9(11)12/h2-3,6,8,10H,4H2,1H3,(H,11,12)/t6-,8+/m1/s1. The second kappa shape index (κ2) is 3.92. The van der Waals surface area contributed by atoms with Crippen molar-refractivity contribution in [2.24, 2.45) is 0 Å². The van der Waals surface area contributed by atoms with E-state index < -0.39 is 12.0 Å². The van der Waals surface area contributed by atoms with E-state index in [1.54, 1.807) is 23.1 Å². The highest BCUT2D eigenvalue weighted by Crippen LogP contribution is 2.37. The molecule has 0 bridgehead atoms. The van der Waals surface area contributed by atoms with E-state index >= 15 is 0 Å². The maximum atomic E-state index is 10.7. The molecule has 0 aromatic carbocycles. The molecule has 1 aliphatic rings. The number of rotatable bonds is 2. The highest BCUT2D eigenvalue weighted by molar-refractivity contribution is 7.99. The van der Waals surface area contributed by atoms with Crippen molar-refractivity contribution in [1.29, 1.82) is 0 Å². The van der Waals surface area contributed by atoms with Crippen molar-refractivity contribution in [1.82, 2.24) is 5.32 Å². The Hall–Kier alpha value is -0.520. The highest BCUT2D eigenvalue weighted by Gasteiger charge is 2.31. The van der Waals surface area contributed by atoms with Crippen LogP contribution in [0.25, 0.3) is 0 Å². The molecule has 1 aliphatic heterocycles. The van der Waals surface area contributed by atoms with E-state index in [0.717, 1.165) is 0 Å². The van der Waals surface area contributed by atoms with Crippen LogP contribution >= 0.6 is 23.1 Å². The van der Waals surface area contributed by atoms with E-state index in [2.05, 4.69) is 18.3 Å². The summed E-state index contributed by atoms with van der Waals surface area (Å²) in [5, 5.41) is 14.1. The first-order valence-electron chi connectivity index (χ1n) is 4.33. The lowest BCUT2D eigenvalue weighted by molar-refractivity contribution is -0.138. The molecule has 0 spiro atoms. The lowest BCUT2D eigenvalue weighted by Crippen LogP contribution is -2.33. The quantitative estimate of drug-likeness (QED) is 0.812. The van der Waals surface area contributed by atoms with E-state index in [0.29, 0.717) is 5.75 Å². The Kier molecular flexibility index (Phi) is 2.80. The first-order valence-corrected chi connectivity index (χ1v) is 6.26. The monoisotopic (exact) mass is 229 g/mol. The molecule has 2 atom stereocenters. The number of thiophene rings is 1. The molecule has 76 valence electrons. The van der Waals surface area contributed by atoms with Gasteiger partial charge in [0.25, 0.3) is 0 Å². The number of nitrogens with one attached hydrogen (secondary N) is 1. The average Bonchev–Trinajstić information content (AvgIpc) is 2.71. The van der Waals surface area contributed by atoms with Crippen LogP contribution in [0.2, 0.25) is 0 Å². The summed E-state index contributed by atoms with van der Waals surface area (Å²) in [6.07, 6.45) is 0. The van der Waals surface area contributed by atoms with Crippen molar-refractivity contribution < 1.29 is 9.90 Å². The summed E-state index contributed by atoms with van der Waals surface area (Å²) < 4.78 is 0. The Bertz CT molecular complexity index is 350. The zero-order valence-corrected chi connectivity index (χ0v) is 9.32. The van der Waals surface area contributed by atoms with Crippen LogP contribution in [0.5, 0.6) is 0 Å². The van der Waals surface area contributed by atoms with E-state index in [1.165, 1.54) is 10.4 Å². The third kappa shape index (κ3) is 1.80. The lowest BCUT2D eigenvalue weighted by Gasteiger charge is -2.09. The smallest absolute Gasteiger partial charge is 0.321 e. The van der Waals surface area contributed by atoms with Crippen LogP contribution in [-0.4, -0.2) is 22.9 Å². The minimum absolute atomic E-state index is 0.163. The highest BCUT2D eigenvalue weighted by atomic mass is 32.2. The van der Waals surface area contributed by atoms with Gasteiger partial charge in [-0.2, -0.15) is 0 Å². The molecule has 3 nitrogen and oxygen atoms in total. The van der Waals surface area contributed by atoms with Crippen molar-refractivity contribution in [3.05, 3.63) is 21.9 Å². The van der Waals surface area contributed by atoms with Crippen LogP contribution in [0.3, 0.4) is 0 Å². The first kappa shape index (κ1) is 10.0. The number of hydrogen-bond acceptors (Lipinski definition) is 4. The lowest BCUT2D eigenvalue weighted by atomic mass is 10.2. The Labute approximate surface area is 90.5 Å². The summed E-state index contributed by atoms with van der Waals surface area (Å²) in [4.78, 5) is 12.0. The second-order valence-corrected chi connectivity index (χ2v) is 5.32. The molecule has 0 radical (unpaired) electrons. The molecule has 0 amide bonds. The number of carbonyl (C=O) groups is 1. The molecule has 5 heteroatoms. The van der Waals surface area contributed by atoms with Crippen LogP contribution in [0.4, 0.5) is 0 Å². The normalized spacial score (nSPS) is 26.6. The second-order valence-electron chi connectivity index (χ2n) is 3.24. The number of hydrogen-bond donors (Lipinski definition) is 2. The van der Waals surface area contributed by atoms with Crippen molar-refractivity contribution >= 4 is 29.1 Å². The fourth-order valence-electron chi connectivity index (χ4n) is 1.42. The molecule has 2 rings (SSSR count). The Balaban J connectivity index is 2.10. The summed E-state index contributed by atoms with van der Waals surface area (Å²) in [6.45, 7) is 2.06. The third-order valence-electron chi connectivity index (χ3n) is 2.22. The molecule has 1 aromatic rings. The van der Waals surface area contributed by atoms with E-state index in [4.69, 9.17) is 5.11 Å². The van der Waals surface area contributed by atoms with Gasteiger partial charge in [0.15, 0.2) is 0 Å². The fourth-order valence-corrected chi connectivity index (χ4v) is 3.87. The van der Waals surface area contributed by atoms with Gasteiger partial charge in [0, 0.05) is 10.6 Å². The Morgan fingerprint density at radius 2 is 2.50 bits per heavy atom. The predicted molar refractivity (Wildman–Crippen MR) is 58.8 cm³/mol. The van der Waals surface area contributed by atoms with Crippen LogP contribution in [-0.2, 0) is 4.79 Å². The van der Waals surface area contributed by atoms with Gasteiger partial charge >= 0.3 is 5.97 Å². The molecule has 1 fully saturated rings. The van der Waals surface area contributed by atoms with Crippen LogP contribution in [0.15, 0.2) is 11.4 Å². The van der Waals surface area contributed by atoms with Crippen molar-refractivity contribution in [2.75, 3.05) is 5.75 Å². The molecular weight excluding hydrogens is 218 g/mol. The molecule has 14 heavy (non-hydrogen) atoms. The number of thioether (sulfide) groups is 1. The van der Waals surface area contributed by atoms with Crippen molar-refractivity contribution in [2.45, 2.75) is 18.3 Å². The molecule has 2 heterocycles. The van der Waals surface area contributed by atoms with Crippen molar-refractivity contribution in [3.63, 3.8) is 0 Å². The molecular formula is C9H11NO2S2. The predicted octanol–water partition coefficient (Wildman–Crippen LogP) is 1.84. The SMILES string of the molecule is Cc1ccsc1[C@H]1N[C@@H](C(=O)O)CS1. The van der Waals surface area contributed by atoms with Crippen LogP contribution in [0.1, 0.15) is 15.8 Å². The minimum Gasteiger partial charge on any atom is -0.480 e. The average molecular weight is 229 g/mol. The third-order valence-corrected chi connectivity index (χ3v) is 4.68. The van der Waals surface area contributed by atoms with Gasteiger partial charge in [0.1, 0.15) is 6.04 Å². The number of carboxylic acid groups (broad SMARTS) is 1. The van der Waals surface area contributed by atoms with Gasteiger partial charge in [0.2, 0.25) is 0 Å². The zero-order valence-electron chi connectivity index (χ0n) is 7.69. The summed E-state index contributed by atoms with van der Waals surface area (Å²) in [6, 6.07) is 1.67. The van der Waals surface area contributed by atoms with Gasteiger partial charge in [0.05, 0.1) is 5.37 Å². The maximum absolute atomic E-state index is 10.7. The Morgan fingerprint density at radius 3 is 3.00 bits per heavy atom. The molecule has 0 aliphatic carbocycles. The van der Waals surface area contributed by atoms with Crippen molar-refractivity contribution in [3.8, 4) is 0 Å². The zero-order chi connectivity index (χ0) is 10.1. The maximum Gasteiger partial charge on any atom is 0.321 e. The number of aliphatic carboxylic acids is 1. The van der Waals surface area contributed by atoms with Gasteiger partial charge < -0.3 is 5.11 Å². The molecule has 0 unspecified atom stereocenters. The van der Waals surface area contributed by atoms with E-state index in [9.17, 15) is 4.79 Å². The van der Waals surface area contributed by atoms with Gasteiger partial charge in [-0.05, 0) is 23.9 Å². The molecule has 1 aromatic heterocycles. The summed E-state index contributed by atoms with van der Waals surface area (Å²) >= 11 is 3.35. The minimum atomic E-state index is -0.755. The largest absolute Gasteiger partial charge is 0.480 e. The van der Waals surface area contributed by atoms with Crippen LogP contribution in [0, 0.1) is 6.92 Å². The topological polar surface area (TPSA) is 49.3 Å². The summed E-state index contributed by atoms with van der Waals surface area (Å²) in [7, 11) is 0. The Morgan fingerprint density at radius 1 is 1.71 bits per heavy atom. The first-order chi connectivity index (χ1) is 6.68. The number of carboxylic acids is 1. The van der Waals surface area contributed by atoms with Crippen LogP contribution < -0.4 is 5.32 Å². The number of aryl methyl sites for hydroxylation is 1. The van der Waals surface area contributed by atoms with Gasteiger partial charge in [-0.25, -0.2) is 0 Å². The molecule has 2 N–H and O–H groups in total. The van der Waals surface area contributed by atoms with Gasteiger partial charge in [-0.1, -0.05) is 0 Å². The van der Waals surface area contributed by atoms with E-state index in [-0.39, 0.29) is 5.37 Å². The summed E-state index contributed by atoms with van der Waals surface area (Å²) in [5.41, 5.74) is 1.24. The summed E-state index contributed by atoms with van der Waals surface area (Å²) in [5.74, 6) is -0.105. The molecule has 1 saturated heterocycles. The van der Waals surface area contributed by atoms with Gasteiger partial charge in [-0.15, -0.1) is 23.1 Å². The molecule has 0 saturated carbocycles. The van der Waals surface area contributed by atoms with E-state index in [1.807, 2.05) is 5.38 Å². The fraction of sp³-hybridized carbons (Fsp3) is 0.444.